The second kappa shape index (κ2) is 4.44. The van der Waals surface area contributed by atoms with Gasteiger partial charge in [0.15, 0.2) is 0 Å². The Morgan fingerprint density at radius 2 is 2.24 bits per heavy atom. The zero-order chi connectivity index (χ0) is 12.6. The standard InChI is InChI=1S/C10H14N2O5/c1-5-8(15)6(4-13)17-9(5)12-3-2-7(14)11-10(12)16/h2-3,5-6,8-9,13,15H,4H2,1H3,(H,11,14,16)/t5-,6-,8+,9?/m1/s1. The summed E-state index contributed by atoms with van der Waals surface area (Å²) >= 11 is 0. The van der Waals surface area contributed by atoms with Crippen LogP contribution in [0.3, 0.4) is 0 Å². The molecular formula is C10H14N2O5. The molecule has 4 atom stereocenters. The number of aliphatic hydroxyl groups is 2. The molecule has 1 saturated heterocycles. The van der Waals surface area contributed by atoms with E-state index in [0.29, 0.717) is 0 Å². The fourth-order valence-electron chi connectivity index (χ4n) is 1.99. The molecule has 0 aromatic carbocycles. The number of nitrogens with zero attached hydrogens (tertiary/aromatic N) is 1. The molecule has 2 rings (SSSR count). The van der Waals surface area contributed by atoms with E-state index >= 15 is 0 Å². The molecular weight excluding hydrogens is 228 g/mol. The molecule has 0 spiro atoms. The summed E-state index contributed by atoms with van der Waals surface area (Å²) < 4.78 is 6.58. The average Bonchev–Trinajstić information content (AvgIpc) is 2.57. The lowest BCUT2D eigenvalue weighted by atomic mass is 10.0. The first kappa shape index (κ1) is 12.0. The van der Waals surface area contributed by atoms with Gasteiger partial charge in [0, 0.05) is 18.2 Å². The summed E-state index contributed by atoms with van der Waals surface area (Å²) in [4.78, 5) is 24.6. The minimum atomic E-state index is -0.844. The van der Waals surface area contributed by atoms with Crippen LogP contribution in [0.15, 0.2) is 21.9 Å². The van der Waals surface area contributed by atoms with E-state index in [1.54, 1.807) is 6.92 Å². The van der Waals surface area contributed by atoms with Crippen LogP contribution in [0.2, 0.25) is 0 Å². The van der Waals surface area contributed by atoms with Crippen molar-refractivity contribution in [3.63, 3.8) is 0 Å². The Bertz CT molecular complexity index is 508. The zero-order valence-electron chi connectivity index (χ0n) is 9.24. The molecule has 94 valence electrons. The number of aromatic amines is 1. The zero-order valence-corrected chi connectivity index (χ0v) is 9.24. The van der Waals surface area contributed by atoms with Crippen LogP contribution in [-0.4, -0.2) is 38.6 Å². The second-order valence-electron chi connectivity index (χ2n) is 4.11. The number of hydrogen-bond acceptors (Lipinski definition) is 5. The predicted molar refractivity (Wildman–Crippen MR) is 57.5 cm³/mol. The first-order chi connectivity index (χ1) is 8.04. The molecule has 1 unspecified atom stereocenters. The Kier molecular flexibility index (Phi) is 3.14. The third-order valence-corrected chi connectivity index (χ3v) is 2.99. The van der Waals surface area contributed by atoms with Gasteiger partial charge in [0.25, 0.3) is 5.56 Å². The smallest absolute Gasteiger partial charge is 0.330 e. The van der Waals surface area contributed by atoms with Crippen LogP contribution in [0.5, 0.6) is 0 Å². The van der Waals surface area contributed by atoms with Gasteiger partial charge in [-0.2, -0.15) is 0 Å². The van der Waals surface area contributed by atoms with E-state index in [1.165, 1.54) is 16.8 Å². The van der Waals surface area contributed by atoms with Crippen LogP contribution < -0.4 is 11.2 Å². The number of nitrogens with one attached hydrogen (secondary N) is 1. The van der Waals surface area contributed by atoms with Crippen LogP contribution in [0.4, 0.5) is 0 Å². The quantitative estimate of drug-likeness (QED) is 0.580. The maximum atomic E-state index is 11.6. The van der Waals surface area contributed by atoms with Crippen molar-refractivity contribution in [2.24, 2.45) is 5.92 Å². The van der Waals surface area contributed by atoms with Crippen molar-refractivity contribution in [3.05, 3.63) is 33.1 Å². The molecule has 0 saturated carbocycles. The maximum Gasteiger partial charge on any atom is 0.330 e. The van der Waals surface area contributed by atoms with Crippen LogP contribution in [0, 0.1) is 5.92 Å². The summed E-state index contributed by atoms with van der Waals surface area (Å²) in [6.45, 7) is 1.39. The summed E-state index contributed by atoms with van der Waals surface area (Å²) in [6, 6.07) is 1.20. The molecule has 7 heteroatoms. The number of aromatic nitrogens is 2. The van der Waals surface area contributed by atoms with Crippen LogP contribution in [-0.2, 0) is 4.74 Å². The van der Waals surface area contributed by atoms with E-state index in [4.69, 9.17) is 9.84 Å². The number of H-pyrrole nitrogens is 1. The van der Waals surface area contributed by atoms with Gasteiger partial charge in [0.1, 0.15) is 12.3 Å². The van der Waals surface area contributed by atoms with Crippen molar-refractivity contribution >= 4 is 0 Å². The SMILES string of the molecule is C[C@H]1C(n2ccc(=O)[nH]c2=O)O[C@H](CO)[C@H]1O. The average molecular weight is 242 g/mol. The van der Waals surface area contributed by atoms with E-state index in [2.05, 4.69) is 4.98 Å². The predicted octanol–water partition coefficient (Wildman–Crippen LogP) is -1.58. The van der Waals surface area contributed by atoms with Gasteiger partial charge in [-0.3, -0.25) is 14.3 Å². The van der Waals surface area contributed by atoms with Gasteiger partial charge in [-0.1, -0.05) is 6.92 Å². The van der Waals surface area contributed by atoms with Crippen LogP contribution in [0.1, 0.15) is 13.2 Å². The second-order valence-corrected chi connectivity index (χ2v) is 4.11. The van der Waals surface area contributed by atoms with Gasteiger partial charge in [0.2, 0.25) is 0 Å². The molecule has 0 aliphatic carbocycles. The number of rotatable bonds is 2. The van der Waals surface area contributed by atoms with Crippen LogP contribution >= 0.6 is 0 Å². The Labute approximate surface area is 96.3 Å². The molecule has 1 aromatic heterocycles. The summed E-state index contributed by atoms with van der Waals surface area (Å²) in [5, 5.41) is 18.8. The molecule has 0 bridgehead atoms. The third kappa shape index (κ3) is 2.04. The highest BCUT2D eigenvalue weighted by molar-refractivity contribution is 4.91. The minimum Gasteiger partial charge on any atom is -0.394 e. The molecule has 0 amide bonds. The highest BCUT2D eigenvalue weighted by Gasteiger charge is 2.41. The topological polar surface area (TPSA) is 105 Å². The summed E-state index contributed by atoms with van der Waals surface area (Å²) in [6.07, 6.45) is -0.932. The van der Waals surface area contributed by atoms with E-state index in [-0.39, 0.29) is 12.5 Å². The van der Waals surface area contributed by atoms with Gasteiger partial charge in [0.05, 0.1) is 12.7 Å². The molecule has 1 aliphatic heterocycles. The van der Waals surface area contributed by atoms with Gasteiger partial charge in [-0.15, -0.1) is 0 Å². The molecule has 1 aliphatic rings. The molecule has 1 aromatic rings. The normalized spacial score (nSPS) is 32.9. The van der Waals surface area contributed by atoms with Crippen molar-refractivity contribution in [3.8, 4) is 0 Å². The monoisotopic (exact) mass is 242 g/mol. The van der Waals surface area contributed by atoms with Gasteiger partial charge < -0.3 is 14.9 Å². The molecule has 3 N–H and O–H groups in total. The number of aliphatic hydroxyl groups excluding tert-OH is 2. The summed E-state index contributed by atoms with van der Waals surface area (Å²) in [5.41, 5.74) is -1.09. The van der Waals surface area contributed by atoms with Crippen molar-refractivity contribution in [2.75, 3.05) is 6.61 Å². The Morgan fingerprint density at radius 1 is 1.53 bits per heavy atom. The summed E-state index contributed by atoms with van der Waals surface area (Å²) in [5.74, 6) is -0.351. The lowest BCUT2D eigenvalue weighted by Gasteiger charge is -2.17. The number of ether oxygens (including phenoxy) is 1. The van der Waals surface area contributed by atoms with E-state index in [0.717, 1.165) is 0 Å². The molecule has 1 fully saturated rings. The highest BCUT2D eigenvalue weighted by Crippen LogP contribution is 2.32. The Hall–Kier alpha value is -1.44. The van der Waals surface area contributed by atoms with Crippen LogP contribution in [0.25, 0.3) is 0 Å². The largest absolute Gasteiger partial charge is 0.394 e. The molecule has 7 nitrogen and oxygen atoms in total. The van der Waals surface area contributed by atoms with Gasteiger partial charge in [-0.05, 0) is 0 Å². The highest BCUT2D eigenvalue weighted by atomic mass is 16.5. The lowest BCUT2D eigenvalue weighted by molar-refractivity contribution is -0.0477. The lowest BCUT2D eigenvalue weighted by Crippen LogP contribution is -2.33. The van der Waals surface area contributed by atoms with Crippen molar-refractivity contribution in [1.29, 1.82) is 0 Å². The van der Waals surface area contributed by atoms with E-state index in [9.17, 15) is 14.7 Å². The van der Waals surface area contributed by atoms with E-state index in [1.807, 2.05) is 0 Å². The van der Waals surface area contributed by atoms with E-state index < -0.39 is 29.7 Å². The van der Waals surface area contributed by atoms with Gasteiger partial charge in [-0.25, -0.2) is 4.79 Å². The summed E-state index contributed by atoms with van der Waals surface area (Å²) in [7, 11) is 0. The first-order valence-corrected chi connectivity index (χ1v) is 5.30. The fourth-order valence-corrected chi connectivity index (χ4v) is 1.99. The third-order valence-electron chi connectivity index (χ3n) is 2.99. The molecule has 17 heavy (non-hydrogen) atoms. The molecule has 2 heterocycles. The first-order valence-electron chi connectivity index (χ1n) is 5.30. The van der Waals surface area contributed by atoms with Crippen molar-refractivity contribution in [1.82, 2.24) is 9.55 Å². The molecule has 0 radical (unpaired) electrons. The van der Waals surface area contributed by atoms with Crippen molar-refractivity contribution in [2.45, 2.75) is 25.4 Å². The maximum absolute atomic E-state index is 11.6. The van der Waals surface area contributed by atoms with Crippen molar-refractivity contribution < 1.29 is 14.9 Å². The number of hydrogen-bond donors (Lipinski definition) is 3. The van der Waals surface area contributed by atoms with Gasteiger partial charge >= 0.3 is 5.69 Å². The fraction of sp³-hybridized carbons (Fsp3) is 0.600. The minimum absolute atomic E-state index is 0.319. The Morgan fingerprint density at radius 3 is 2.76 bits per heavy atom. The Balaban J connectivity index is 2.35.